The Bertz CT molecular complexity index is 1020. The summed E-state index contributed by atoms with van der Waals surface area (Å²) in [6.07, 6.45) is 4.81. The first-order valence-electron chi connectivity index (χ1n) is 8.68. The van der Waals surface area contributed by atoms with Gasteiger partial charge in [-0.2, -0.15) is 4.98 Å². The maximum atomic E-state index is 14.5. The van der Waals surface area contributed by atoms with Crippen LogP contribution in [0.25, 0.3) is 17.0 Å². The quantitative estimate of drug-likeness (QED) is 0.678. The molecule has 4 rings (SSSR count). The Kier molecular flexibility index (Phi) is 4.09. The molecular weight excluding hydrogens is 370 g/mol. The van der Waals surface area contributed by atoms with Gasteiger partial charge in [0.2, 0.25) is 11.7 Å². The molecule has 1 saturated heterocycles. The lowest BCUT2D eigenvalue weighted by Crippen LogP contribution is -2.34. The maximum absolute atomic E-state index is 14.5. The van der Waals surface area contributed by atoms with Crippen LogP contribution in [0.4, 0.5) is 14.6 Å². The fourth-order valence-electron chi connectivity index (χ4n) is 3.32. The second-order valence-electron chi connectivity index (χ2n) is 7.32. The molecule has 10 heteroatoms. The first kappa shape index (κ1) is 18.3. The van der Waals surface area contributed by atoms with Crippen molar-refractivity contribution in [2.24, 2.45) is 5.41 Å². The van der Waals surface area contributed by atoms with E-state index in [0.29, 0.717) is 22.9 Å². The number of hydrogen-bond donors (Lipinski definition) is 0. The zero-order valence-electron chi connectivity index (χ0n) is 16.0. The van der Waals surface area contributed by atoms with Crippen LogP contribution in [0.5, 0.6) is 11.9 Å². The monoisotopic (exact) mass is 390 g/mol. The Hall–Kier alpha value is -3.04. The van der Waals surface area contributed by atoms with Crippen molar-refractivity contribution < 1.29 is 18.3 Å². The highest BCUT2D eigenvalue weighted by Crippen LogP contribution is 2.45. The van der Waals surface area contributed by atoms with Crippen LogP contribution < -0.4 is 14.4 Å². The van der Waals surface area contributed by atoms with Gasteiger partial charge < -0.3 is 14.4 Å². The van der Waals surface area contributed by atoms with E-state index in [1.165, 1.54) is 20.4 Å². The van der Waals surface area contributed by atoms with Crippen molar-refractivity contribution in [1.82, 2.24) is 24.3 Å². The van der Waals surface area contributed by atoms with Crippen molar-refractivity contribution >= 4 is 11.6 Å². The molecule has 0 atom stereocenters. The van der Waals surface area contributed by atoms with Gasteiger partial charge in [0.1, 0.15) is 5.82 Å². The van der Waals surface area contributed by atoms with Crippen LogP contribution in [-0.2, 0) is 0 Å². The van der Waals surface area contributed by atoms with E-state index in [4.69, 9.17) is 9.47 Å². The third-order valence-electron chi connectivity index (χ3n) is 5.03. The number of halogens is 2. The molecule has 0 bridgehead atoms. The summed E-state index contributed by atoms with van der Waals surface area (Å²) in [4.78, 5) is 18.7. The number of aromatic nitrogens is 5. The van der Waals surface area contributed by atoms with Gasteiger partial charge >= 0.3 is 6.01 Å². The van der Waals surface area contributed by atoms with Gasteiger partial charge in [0.25, 0.3) is 5.92 Å². The van der Waals surface area contributed by atoms with Crippen molar-refractivity contribution in [3.05, 3.63) is 24.7 Å². The fraction of sp³-hybridized carbons (Fsp3) is 0.444. The van der Waals surface area contributed by atoms with Gasteiger partial charge in [-0.3, -0.25) is 4.40 Å². The minimum Gasteiger partial charge on any atom is -0.480 e. The summed E-state index contributed by atoms with van der Waals surface area (Å²) >= 11 is 0. The van der Waals surface area contributed by atoms with Crippen LogP contribution in [0.1, 0.15) is 13.8 Å². The predicted molar refractivity (Wildman–Crippen MR) is 98.1 cm³/mol. The summed E-state index contributed by atoms with van der Waals surface area (Å²) < 4.78 is 41.0. The smallest absolute Gasteiger partial charge is 0.319 e. The Labute approximate surface area is 160 Å². The second kappa shape index (κ2) is 6.25. The fourth-order valence-corrected chi connectivity index (χ4v) is 3.32. The number of ether oxygens (including phenoxy) is 2. The van der Waals surface area contributed by atoms with Crippen LogP contribution in [0.15, 0.2) is 24.7 Å². The molecule has 3 aromatic heterocycles. The van der Waals surface area contributed by atoms with E-state index in [-0.39, 0.29) is 25.0 Å². The van der Waals surface area contributed by atoms with Crippen LogP contribution >= 0.6 is 0 Å². The van der Waals surface area contributed by atoms with Gasteiger partial charge in [0.15, 0.2) is 0 Å². The van der Waals surface area contributed by atoms with Crippen LogP contribution in [0.3, 0.4) is 0 Å². The van der Waals surface area contributed by atoms with Gasteiger partial charge in [0.05, 0.1) is 32.0 Å². The summed E-state index contributed by atoms with van der Waals surface area (Å²) in [6, 6.07) is 1.88. The number of fused-ring (bicyclic) bond motifs is 1. The standard InChI is InChI=1S/C18H20F2N6O2/c1-17(2)9-25(10-18(17,19)20)13-7-12(23-15-21-5-6-26(13)15)11-8-22-16(28-4)24-14(11)27-3/h5-8H,9-10H2,1-4H3. The van der Waals surface area contributed by atoms with Crippen molar-refractivity contribution in [3.8, 4) is 23.1 Å². The molecule has 0 saturated carbocycles. The minimum absolute atomic E-state index is 0.156. The Morgan fingerprint density at radius 2 is 1.86 bits per heavy atom. The molecule has 28 heavy (non-hydrogen) atoms. The molecule has 1 aliphatic heterocycles. The molecule has 0 spiro atoms. The summed E-state index contributed by atoms with van der Waals surface area (Å²) in [5.41, 5.74) is -0.161. The molecule has 3 aromatic rings. The van der Waals surface area contributed by atoms with E-state index >= 15 is 0 Å². The van der Waals surface area contributed by atoms with E-state index in [9.17, 15) is 8.78 Å². The van der Waals surface area contributed by atoms with Gasteiger partial charge in [-0.15, -0.1) is 0 Å². The average molecular weight is 390 g/mol. The van der Waals surface area contributed by atoms with Crippen molar-refractivity contribution in [1.29, 1.82) is 0 Å². The largest absolute Gasteiger partial charge is 0.480 e. The molecule has 0 N–H and O–H groups in total. The first-order valence-corrected chi connectivity index (χ1v) is 8.68. The predicted octanol–water partition coefficient (Wildman–Crippen LogP) is 2.69. The van der Waals surface area contributed by atoms with E-state index in [1.807, 2.05) is 0 Å². The van der Waals surface area contributed by atoms with Crippen molar-refractivity contribution in [3.63, 3.8) is 0 Å². The van der Waals surface area contributed by atoms with Crippen LogP contribution in [0.2, 0.25) is 0 Å². The lowest BCUT2D eigenvalue weighted by Gasteiger charge is -2.24. The molecule has 1 fully saturated rings. The highest BCUT2D eigenvalue weighted by molar-refractivity contribution is 5.69. The van der Waals surface area contributed by atoms with Crippen molar-refractivity contribution in [2.45, 2.75) is 19.8 Å². The lowest BCUT2D eigenvalue weighted by molar-refractivity contribution is -0.0642. The third-order valence-corrected chi connectivity index (χ3v) is 5.03. The zero-order chi connectivity index (χ0) is 20.1. The summed E-state index contributed by atoms with van der Waals surface area (Å²) in [6.45, 7) is 2.96. The Morgan fingerprint density at radius 1 is 1.07 bits per heavy atom. The van der Waals surface area contributed by atoms with Crippen molar-refractivity contribution in [2.75, 3.05) is 32.2 Å². The van der Waals surface area contributed by atoms with E-state index in [0.717, 1.165) is 0 Å². The first-order chi connectivity index (χ1) is 13.3. The number of methoxy groups -OCH3 is 2. The van der Waals surface area contributed by atoms with E-state index < -0.39 is 11.3 Å². The Balaban J connectivity index is 1.86. The van der Waals surface area contributed by atoms with Gasteiger partial charge in [-0.25, -0.2) is 23.7 Å². The zero-order valence-corrected chi connectivity index (χ0v) is 16.0. The molecule has 0 amide bonds. The van der Waals surface area contributed by atoms with Gasteiger partial charge in [-0.1, -0.05) is 13.8 Å². The number of imidazole rings is 1. The minimum atomic E-state index is -2.82. The summed E-state index contributed by atoms with van der Waals surface area (Å²) in [5, 5.41) is 0. The van der Waals surface area contributed by atoms with Crippen LogP contribution in [0, 0.1) is 5.41 Å². The van der Waals surface area contributed by atoms with E-state index in [1.54, 1.807) is 41.6 Å². The molecule has 8 nitrogen and oxygen atoms in total. The molecule has 1 aliphatic rings. The summed E-state index contributed by atoms with van der Waals surface area (Å²) in [7, 11) is 2.93. The number of alkyl halides is 2. The molecule has 0 aromatic carbocycles. The van der Waals surface area contributed by atoms with Crippen LogP contribution in [-0.4, -0.2) is 57.6 Å². The highest BCUT2D eigenvalue weighted by Gasteiger charge is 2.54. The molecule has 0 aliphatic carbocycles. The SMILES string of the molecule is COc1ncc(-c2cc(N3CC(C)(C)C(F)(F)C3)n3ccnc3n2)c(OC)n1. The summed E-state index contributed by atoms with van der Waals surface area (Å²) in [5.74, 6) is -1.59. The third kappa shape index (κ3) is 2.79. The Morgan fingerprint density at radius 3 is 2.50 bits per heavy atom. The maximum Gasteiger partial charge on any atom is 0.319 e. The molecule has 148 valence electrons. The van der Waals surface area contributed by atoms with E-state index in [2.05, 4.69) is 19.9 Å². The molecule has 0 radical (unpaired) electrons. The number of rotatable bonds is 4. The number of anilines is 1. The second-order valence-corrected chi connectivity index (χ2v) is 7.32. The lowest BCUT2D eigenvalue weighted by atomic mass is 9.89. The topological polar surface area (TPSA) is 77.7 Å². The number of hydrogen-bond acceptors (Lipinski definition) is 7. The normalized spacial score (nSPS) is 17.9. The van der Waals surface area contributed by atoms with Gasteiger partial charge in [0, 0.05) is 36.6 Å². The molecular formula is C18H20F2N6O2. The highest BCUT2D eigenvalue weighted by atomic mass is 19.3. The average Bonchev–Trinajstić information content (AvgIpc) is 3.21. The molecule has 0 unspecified atom stereocenters. The molecule has 4 heterocycles. The number of nitrogens with zero attached hydrogens (tertiary/aromatic N) is 6. The van der Waals surface area contributed by atoms with Gasteiger partial charge in [-0.05, 0) is 0 Å².